The third-order valence-corrected chi connectivity index (χ3v) is 4.70. The lowest BCUT2D eigenvalue weighted by atomic mass is 9.87. The average Bonchev–Trinajstić information content (AvgIpc) is 2.59. The first-order valence-corrected chi connectivity index (χ1v) is 7.67. The van der Waals surface area contributed by atoms with Crippen molar-refractivity contribution in [3.8, 4) is 0 Å². The average molecular weight is 286 g/mol. The molecule has 0 aliphatic heterocycles. The highest BCUT2D eigenvalue weighted by atomic mass is 35.5. The van der Waals surface area contributed by atoms with E-state index < -0.39 is 0 Å². The van der Waals surface area contributed by atoms with E-state index in [-0.39, 0.29) is 0 Å². The van der Waals surface area contributed by atoms with Crippen LogP contribution < -0.4 is 5.32 Å². The first-order chi connectivity index (χ1) is 8.74. The molecule has 0 bridgehead atoms. The van der Waals surface area contributed by atoms with Crippen molar-refractivity contribution in [2.24, 2.45) is 0 Å². The molecule has 2 rings (SSSR count). The van der Waals surface area contributed by atoms with E-state index in [2.05, 4.69) is 18.3 Å². The van der Waals surface area contributed by atoms with Gasteiger partial charge in [-0.1, -0.05) is 61.5 Å². The van der Waals surface area contributed by atoms with E-state index in [1.807, 2.05) is 12.1 Å². The summed E-state index contributed by atoms with van der Waals surface area (Å²) in [6.45, 7) is 3.18. The van der Waals surface area contributed by atoms with Gasteiger partial charge in [-0.15, -0.1) is 0 Å². The Bertz CT molecular complexity index is 392. The van der Waals surface area contributed by atoms with Crippen molar-refractivity contribution in [3.05, 3.63) is 33.8 Å². The molecule has 0 amide bonds. The van der Waals surface area contributed by atoms with E-state index in [4.69, 9.17) is 23.2 Å². The molecule has 1 aliphatic carbocycles. The Morgan fingerprint density at radius 2 is 1.94 bits per heavy atom. The monoisotopic (exact) mass is 285 g/mol. The molecule has 0 spiro atoms. The van der Waals surface area contributed by atoms with Crippen molar-refractivity contribution in [2.75, 3.05) is 6.54 Å². The summed E-state index contributed by atoms with van der Waals surface area (Å²) in [5.41, 5.74) is 1.22. The number of rotatable bonds is 3. The highest BCUT2D eigenvalue weighted by molar-refractivity contribution is 6.42. The minimum absolute atomic E-state index is 0.499. The standard InChI is InChI=1S/C15H21Cl2N/c1-2-18-14-10-5-3-4-7-11(14)12-8-6-9-13(16)15(12)17/h6,8-9,11,14,18H,2-5,7,10H2,1H3. The molecular formula is C15H21Cl2N. The molecule has 18 heavy (non-hydrogen) atoms. The summed E-state index contributed by atoms with van der Waals surface area (Å²) in [5, 5.41) is 5.04. The number of halogens is 2. The number of nitrogens with one attached hydrogen (secondary N) is 1. The summed E-state index contributed by atoms with van der Waals surface area (Å²) >= 11 is 12.5. The molecule has 2 atom stereocenters. The Morgan fingerprint density at radius 3 is 2.72 bits per heavy atom. The van der Waals surface area contributed by atoms with Gasteiger partial charge in [0.25, 0.3) is 0 Å². The topological polar surface area (TPSA) is 12.0 Å². The molecule has 3 heteroatoms. The van der Waals surface area contributed by atoms with Gasteiger partial charge in [-0.05, 0) is 31.0 Å². The van der Waals surface area contributed by atoms with E-state index in [0.717, 1.165) is 11.6 Å². The summed E-state index contributed by atoms with van der Waals surface area (Å²) < 4.78 is 0. The Morgan fingerprint density at radius 1 is 1.17 bits per heavy atom. The number of hydrogen-bond donors (Lipinski definition) is 1. The molecule has 1 fully saturated rings. The first kappa shape index (κ1) is 14.2. The van der Waals surface area contributed by atoms with Gasteiger partial charge in [0.15, 0.2) is 0 Å². The van der Waals surface area contributed by atoms with Gasteiger partial charge in [-0.25, -0.2) is 0 Å². The van der Waals surface area contributed by atoms with Crippen LogP contribution in [-0.4, -0.2) is 12.6 Å². The van der Waals surface area contributed by atoms with E-state index in [0.29, 0.717) is 17.0 Å². The van der Waals surface area contributed by atoms with Crippen molar-refractivity contribution < 1.29 is 0 Å². The molecular weight excluding hydrogens is 265 g/mol. The van der Waals surface area contributed by atoms with Crippen molar-refractivity contribution in [2.45, 2.75) is 51.0 Å². The molecule has 1 saturated carbocycles. The second kappa shape index (κ2) is 6.79. The van der Waals surface area contributed by atoms with E-state index >= 15 is 0 Å². The predicted octanol–water partition coefficient (Wildman–Crippen LogP) is 5.02. The number of hydrogen-bond acceptors (Lipinski definition) is 1. The molecule has 100 valence electrons. The molecule has 1 nitrogen and oxygen atoms in total. The van der Waals surface area contributed by atoms with E-state index in [9.17, 15) is 0 Å². The molecule has 0 saturated heterocycles. The zero-order valence-corrected chi connectivity index (χ0v) is 12.4. The lowest BCUT2D eigenvalue weighted by molar-refractivity contribution is 0.419. The zero-order valence-electron chi connectivity index (χ0n) is 10.9. The van der Waals surface area contributed by atoms with Crippen LogP contribution in [0.3, 0.4) is 0 Å². The smallest absolute Gasteiger partial charge is 0.0627 e. The normalized spacial score (nSPS) is 24.8. The van der Waals surface area contributed by atoms with E-state index in [1.165, 1.54) is 37.7 Å². The minimum Gasteiger partial charge on any atom is -0.314 e. The summed E-state index contributed by atoms with van der Waals surface area (Å²) in [7, 11) is 0. The van der Waals surface area contributed by atoms with Gasteiger partial charge < -0.3 is 5.32 Å². The molecule has 0 radical (unpaired) electrons. The number of benzene rings is 1. The molecule has 1 aromatic carbocycles. The lowest BCUT2D eigenvalue weighted by Gasteiger charge is -2.27. The number of likely N-dealkylation sites (N-methyl/N-ethyl adjacent to an activating group) is 1. The van der Waals surface area contributed by atoms with Crippen LogP contribution in [0.25, 0.3) is 0 Å². The predicted molar refractivity (Wildman–Crippen MR) is 79.8 cm³/mol. The molecule has 1 aromatic rings. The summed E-state index contributed by atoms with van der Waals surface area (Å²) in [6, 6.07) is 6.55. The lowest BCUT2D eigenvalue weighted by Crippen LogP contribution is -2.34. The van der Waals surface area contributed by atoms with Gasteiger partial charge in [0.2, 0.25) is 0 Å². The first-order valence-electron chi connectivity index (χ1n) is 6.91. The molecule has 2 unspecified atom stereocenters. The SMILES string of the molecule is CCNC1CCCCCC1c1cccc(Cl)c1Cl. The van der Waals surface area contributed by atoms with Crippen LogP contribution in [0, 0.1) is 0 Å². The van der Waals surface area contributed by atoms with Crippen molar-refractivity contribution in [1.82, 2.24) is 5.32 Å². The van der Waals surface area contributed by atoms with Crippen molar-refractivity contribution >= 4 is 23.2 Å². The molecule has 0 heterocycles. The largest absolute Gasteiger partial charge is 0.314 e. The second-order valence-electron chi connectivity index (χ2n) is 5.05. The highest BCUT2D eigenvalue weighted by Gasteiger charge is 2.26. The Labute approximate surface area is 120 Å². The Kier molecular flexibility index (Phi) is 5.35. The van der Waals surface area contributed by atoms with Crippen LogP contribution in [-0.2, 0) is 0 Å². The van der Waals surface area contributed by atoms with Crippen LogP contribution in [0.2, 0.25) is 10.0 Å². The van der Waals surface area contributed by atoms with Crippen LogP contribution in [0.4, 0.5) is 0 Å². The molecule has 1 aliphatic rings. The third-order valence-electron chi connectivity index (χ3n) is 3.86. The summed E-state index contributed by atoms with van der Waals surface area (Å²) in [6.07, 6.45) is 6.37. The van der Waals surface area contributed by atoms with Crippen LogP contribution in [0.1, 0.15) is 50.5 Å². The van der Waals surface area contributed by atoms with Gasteiger partial charge in [-0.2, -0.15) is 0 Å². The van der Waals surface area contributed by atoms with Crippen molar-refractivity contribution in [3.63, 3.8) is 0 Å². The van der Waals surface area contributed by atoms with Crippen LogP contribution >= 0.6 is 23.2 Å². The maximum atomic E-state index is 6.39. The Balaban J connectivity index is 2.28. The second-order valence-corrected chi connectivity index (χ2v) is 5.84. The van der Waals surface area contributed by atoms with Gasteiger partial charge in [0, 0.05) is 12.0 Å². The van der Waals surface area contributed by atoms with Gasteiger partial charge >= 0.3 is 0 Å². The zero-order chi connectivity index (χ0) is 13.0. The van der Waals surface area contributed by atoms with E-state index in [1.54, 1.807) is 0 Å². The summed E-state index contributed by atoms with van der Waals surface area (Å²) in [5.74, 6) is 0.499. The van der Waals surface area contributed by atoms with Crippen LogP contribution in [0.15, 0.2) is 18.2 Å². The van der Waals surface area contributed by atoms with Gasteiger partial charge in [0.05, 0.1) is 10.0 Å². The van der Waals surface area contributed by atoms with Gasteiger partial charge in [-0.3, -0.25) is 0 Å². The highest BCUT2D eigenvalue weighted by Crippen LogP contribution is 2.38. The molecule has 0 aromatic heterocycles. The fourth-order valence-electron chi connectivity index (χ4n) is 2.99. The Hall–Kier alpha value is -0.240. The summed E-state index contributed by atoms with van der Waals surface area (Å²) in [4.78, 5) is 0. The third kappa shape index (κ3) is 3.20. The quantitative estimate of drug-likeness (QED) is 0.769. The van der Waals surface area contributed by atoms with Crippen molar-refractivity contribution in [1.29, 1.82) is 0 Å². The van der Waals surface area contributed by atoms with Crippen LogP contribution in [0.5, 0.6) is 0 Å². The fourth-order valence-corrected chi connectivity index (χ4v) is 3.44. The molecule has 1 N–H and O–H groups in total. The minimum atomic E-state index is 0.499. The maximum Gasteiger partial charge on any atom is 0.0627 e. The fraction of sp³-hybridized carbons (Fsp3) is 0.600. The maximum absolute atomic E-state index is 6.39. The van der Waals surface area contributed by atoms with Gasteiger partial charge in [0.1, 0.15) is 0 Å².